The number of ether oxygens (including phenoxy) is 1. The molecule has 0 spiro atoms. The Balaban J connectivity index is 3.19. The molecule has 3 N–H and O–H groups in total. The zero-order valence-electron chi connectivity index (χ0n) is 11.0. The van der Waals surface area contributed by atoms with Crippen LogP contribution in [0.4, 0.5) is 11.4 Å². The average molecular weight is 252 g/mol. The first kappa shape index (κ1) is 14.3. The van der Waals surface area contributed by atoms with Crippen LogP contribution in [0.15, 0.2) is 18.2 Å². The van der Waals surface area contributed by atoms with Crippen molar-refractivity contribution in [2.24, 2.45) is 0 Å². The van der Waals surface area contributed by atoms with Gasteiger partial charge in [0, 0.05) is 13.1 Å². The number of esters is 1. The smallest absolute Gasteiger partial charge is 0.340 e. The third-order valence-electron chi connectivity index (χ3n) is 2.84. The van der Waals surface area contributed by atoms with E-state index in [1.165, 1.54) is 0 Å². The number of nitrogen functional groups attached to an aromatic ring is 1. The minimum absolute atomic E-state index is 0.0207. The lowest BCUT2D eigenvalue weighted by Gasteiger charge is -2.28. The van der Waals surface area contributed by atoms with Crippen molar-refractivity contribution in [3.05, 3.63) is 23.8 Å². The summed E-state index contributed by atoms with van der Waals surface area (Å²) in [4.78, 5) is 13.6. The number of rotatable bonds is 5. The summed E-state index contributed by atoms with van der Waals surface area (Å²) in [7, 11) is 1.79. The second-order valence-corrected chi connectivity index (χ2v) is 4.11. The van der Waals surface area contributed by atoms with Crippen molar-refractivity contribution in [3.63, 3.8) is 0 Å². The lowest BCUT2D eigenvalue weighted by molar-refractivity contribution is 0.0527. The van der Waals surface area contributed by atoms with Crippen molar-refractivity contribution in [1.29, 1.82) is 0 Å². The molecule has 0 aromatic heterocycles. The van der Waals surface area contributed by atoms with Crippen LogP contribution in [0.5, 0.6) is 0 Å². The molecule has 0 saturated heterocycles. The highest BCUT2D eigenvalue weighted by atomic mass is 16.5. The van der Waals surface area contributed by atoms with Gasteiger partial charge in [-0.15, -0.1) is 0 Å². The molecule has 1 aromatic rings. The summed E-state index contributed by atoms with van der Waals surface area (Å²) < 4.78 is 5.00. The lowest BCUT2D eigenvalue weighted by atomic mass is 10.1. The standard InChI is InChI=1S/C13H20N2O3/c1-4-18-13(17)10-6-5-7-11(14)12(10)15(3)9(2)8-16/h5-7,9,16H,4,8,14H2,1-3H3. The molecule has 0 fully saturated rings. The van der Waals surface area contributed by atoms with Gasteiger partial charge in [-0.2, -0.15) is 0 Å². The Morgan fingerprint density at radius 1 is 1.56 bits per heavy atom. The third kappa shape index (κ3) is 2.92. The summed E-state index contributed by atoms with van der Waals surface area (Å²) in [6, 6.07) is 4.97. The highest BCUT2D eigenvalue weighted by Gasteiger charge is 2.20. The predicted octanol–water partition coefficient (Wildman–Crippen LogP) is 1.26. The van der Waals surface area contributed by atoms with E-state index in [1.807, 2.05) is 6.92 Å². The Labute approximate surface area is 107 Å². The topological polar surface area (TPSA) is 75.8 Å². The van der Waals surface area contributed by atoms with Gasteiger partial charge in [-0.05, 0) is 26.0 Å². The molecule has 5 nitrogen and oxygen atoms in total. The molecule has 1 unspecified atom stereocenters. The van der Waals surface area contributed by atoms with Gasteiger partial charge in [0.15, 0.2) is 0 Å². The number of hydrogen-bond donors (Lipinski definition) is 2. The van der Waals surface area contributed by atoms with Crippen LogP contribution in [-0.4, -0.2) is 37.4 Å². The molecule has 1 aromatic carbocycles. The van der Waals surface area contributed by atoms with E-state index in [4.69, 9.17) is 10.5 Å². The molecule has 0 amide bonds. The largest absolute Gasteiger partial charge is 0.462 e. The van der Waals surface area contributed by atoms with Gasteiger partial charge in [0.25, 0.3) is 0 Å². The Kier molecular flexibility index (Phi) is 4.97. The molecule has 0 aliphatic rings. The van der Waals surface area contributed by atoms with Gasteiger partial charge in [-0.25, -0.2) is 4.79 Å². The molecule has 0 aliphatic carbocycles. The first-order valence-corrected chi connectivity index (χ1v) is 5.92. The van der Waals surface area contributed by atoms with Crippen LogP contribution in [0, 0.1) is 0 Å². The fourth-order valence-electron chi connectivity index (χ4n) is 1.67. The van der Waals surface area contributed by atoms with E-state index >= 15 is 0 Å². The second-order valence-electron chi connectivity index (χ2n) is 4.11. The number of aliphatic hydroxyl groups is 1. The van der Waals surface area contributed by atoms with Gasteiger partial charge in [-0.1, -0.05) is 6.07 Å². The van der Waals surface area contributed by atoms with Crippen LogP contribution in [0.1, 0.15) is 24.2 Å². The minimum Gasteiger partial charge on any atom is -0.462 e. The number of carbonyl (C=O) groups is 1. The van der Waals surface area contributed by atoms with Gasteiger partial charge in [0.05, 0.1) is 30.2 Å². The molecule has 100 valence electrons. The van der Waals surface area contributed by atoms with E-state index in [1.54, 1.807) is 37.1 Å². The van der Waals surface area contributed by atoms with E-state index in [2.05, 4.69) is 0 Å². The number of hydrogen-bond acceptors (Lipinski definition) is 5. The number of para-hydroxylation sites is 1. The van der Waals surface area contributed by atoms with Gasteiger partial charge >= 0.3 is 5.97 Å². The Bertz CT molecular complexity index is 421. The zero-order chi connectivity index (χ0) is 13.7. The van der Waals surface area contributed by atoms with Crippen LogP contribution in [0.2, 0.25) is 0 Å². The normalized spacial score (nSPS) is 12.0. The van der Waals surface area contributed by atoms with Crippen molar-refractivity contribution in [1.82, 2.24) is 0 Å². The fourth-order valence-corrected chi connectivity index (χ4v) is 1.67. The zero-order valence-corrected chi connectivity index (χ0v) is 11.0. The van der Waals surface area contributed by atoms with Crippen molar-refractivity contribution >= 4 is 17.3 Å². The van der Waals surface area contributed by atoms with E-state index in [9.17, 15) is 9.90 Å². The fraction of sp³-hybridized carbons (Fsp3) is 0.462. The molecule has 0 bridgehead atoms. The molecule has 18 heavy (non-hydrogen) atoms. The predicted molar refractivity (Wildman–Crippen MR) is 71.8 cm³/mol. The summed E-state index contributed by atoms with van der Waals surface area (Å²) in [5.41, 5.74) is 7.42. The van der Waals surface area contributed by atoms with Gasteiger partial charge < -0.3 is 20.5 Å². The van der Waals surface area contributed by atoms with E-state index in [0.29, 0.717) is 23.5 Å². The summed E-state index contributed by atoms with van der Waals surface area (Å²) in [5.74, 6) is -0.406. The first-order chi connectivity index (χ1) is 8.52. The van der Waals surface area contributed by atoms with Gasteiger partial charge in [0.2, 0.25) is 0 Å². The molecular weight excluding hydrogens is 232 g/mol. The summed E-state index contributed by atoms with van der Waals surface area (Å²) >= 11 is 0. The van der Waals surface area contributed by atoms with Crippen molar-refractivity contribution in [3.8, 4) is 0 Å². The number of aliphatic hydroxyl groups excluding tert-OH is 1. The summed E-state index contributed by atoms with van der Waals surface area (Å²) in [6.07, 6.45) is 0. The number of anilines is 2. The Morgan fingerprint density at radius 2 is 2.22 bits per heavy atom. The summed E-state index contributed by atoms with van der Waals surface area (Å²) in [5, 5.41) is 9.19. The quantitative estimate of drug-likeness (QED) is 0.609. The monoisotopic (exact) mass is 252 g/mol. The average Bonchev–Trinajstić information content (AvgIpc) is 2.37. The maximum Gasteiger partial charge on any atom is 0.340 e. The maximum absolute atomic E-state index is 11.9. The van der Waals surface area contributed by atoms with Crippen molar-refractivity contribution < 1.29 is 14.6 Å². The minimum atomic E-state index is -0.406. The third-order valence-corrected chi connectivity index (χ3v) is 2.84. The molecule has 5 heteroatoms. The first-order valence-electron chi connectivity index (χ1n) is 5.92. The number of likely N-dealkylation sites (N-methyl/N-ethyl adjacent to an activating group) is 1. The van der Waals surface area contributed by atoms with Crippen molar-refractivity contribution in [2.75, 3.05) is 30.9 Å². The second kappa shape index (κ2) is 6.26. The number of nitrogens with zero attached hydrogens (tertiary/aromatic N) is 1. The maximum atomic E-state index is 11.9. The molecule has 0 radical (unpaired) electrons. The van der Waals surface area contributed by atoms with Gasteiger partial charge in [-0.3, -0.25) is 0 Å². The molecule has 0 saturated carbocycles. The van der Waals surface area contributed by atoms with Crippen LogP contribution < -0.4 is 10.6 Å². The Morgan fingerprint density at radius 3 is 2.78 bits per heavy atom. The molecule has 0 aliphatic heterocycles. The Hall–Kier alpha value is -1.75. The number of nitrogens with two attached hydrogens (primary N) is 1. The van der Waals surface area contributed by atoms with Crippen LogP contribution in [-0.2, 0) is 4.74 Å². The molecular formula is C13H20N2O3. The molecule has 1 atom stereocenters. The van der Waals surface area contributed by atoms with Crippen molar-refractivity contribution in [2.45, 2.75) is 19.9 Å². The number of carbonyl (C=O) groups excluding carboxylic acids is 1. The van der Waals surface area contributed by atoms with Crippen LogP contribution >= 0.6 is 0 Å². The lowest BCUT2D eigenvalue weighted by Crippen LogP contribution is -2.33. The molecule has 1 rings (SSSR count). The van der Waals surface area contributed by atoms with Gasteiger partial charge in [0.1, 0.15) is 0 Å². The van der Waals surface area contributed by atoms with E-state index < -0.39 is 5.97 Å². The molecule has 0 heterocycles. The van der Waals surface area contributed by atoms with Crippen LogP contribution in [0.3, 0.4) is 0 Å². The highest BCUT2D eigenvalue weighted by molar-refractivity contribution is 5.99. The highest BCUT2D eigenvalue weighted by Crippen LogP contribution is 2.29. The van der Waals surface area contributed by atoms with E-state index in [-0.39, 0.29) is 12.6 Å². The summed E-state index contributed by atoms with van der Waals surface area (Å²) in [6.45, 7) is 3.89. The van der Waals surface area contributed by atoms with Crippen LogP contribution in [0.25, 0.3) is 0 Å². The van der Waals surface area contributed by atoms with E-state index in [0.717, 1.165) is 0 Å². The SMILES string of the molecule is CCOC(=O)c1cccc(N)c1N(C)C(C)CO. The number of benzene rings is 1.